The van der Waals surface area contributed by atoms with Gasteiger partial charge in [0.25, 0.3) is 5.56 Å². The van der Waals surface area contributed by atoms with Crippen LogP contribution in [0.1, 0.15) is 24.9 Å². The molecule has 1 N–H and O–H groups in total. The number of benzene rings is 1. The van der Waals surface area contributed by atoms with E-state index in [2.05, 4.69) is 27.1 Å². The summed E-state index contributed by atoms with van der Waals surface area (Å²) in [7, 11) is 0. The van der Waals surface area contributed by atoms with Crippen LogP contribution in [-0.4, -0.2) is 25.9 Å². The van der Waals surface area contributed by atoms with Gasteiger partial charge in [0.15, 0.2) is 8.68 Å². The van der Waals surface area contributed by atoms with Gasteiger partial charge in [-0.3, -0.25) is 4.79 Å². The van der Waals surface area contributed by atoms with Gasteiger partial charge in [0.1, 0.15) is 5.82 Å². The van der Waals surface area contributed by atoms with E-state index in [1.807, 2.05) is 25.1 Å². The van der Waals surface area contributed by atoms with Gasteiger partial charge in [-0.05, 0) is 24.8 Å². The van der Waals surface area contributed by atoms with Crippen molar-refractivity contribution < 1.29 is 0 Å². The van der Waals surface area contributed by atoms with Crippen molar-refractivity contribution in [2.24, 2.45) is 0 Å². The highest BCUT2D eigenvalue weighted by Crippen LogP contribution is 2.36. The summed E-state index contributed by atoms with van der Waals surface area (Å²) in [5.74, 6) is 1.64. The first-order chi connectivity index (χ1) is 10.7. The van der Waals surface area contributed by atoms with Gasteiger partial charge in [-0.1, -0.05) is 53.9 Å². The van der Waals surface area contributed by atoms with Crippen LogP contribution in [0.25, 0.3) is 10.9 Å². The third-order valence-electron chi connectivity index (χ3n) is 2.95. The molecule has 0 fully saturated rings. The molecule has 2 aromatic heterocycles. The monoisotopic (exact) mass is 350 g/mol. The second kappa shape index (κ2) is 6.80. The number of hydrogen-bond donors (Lipinski definition) is 1. The molecule has 0 saturated carbocycles. The molecule has 0 aliphatic rings. The largest absolute Gasteiger partial charge is 0.309 e. The molecule has 1 atom stereocenters. The number of aromatic amines is 1. The van der Waals surface area contributed by atoms with E-state index in [0.717, 1.165) is 14.4 Å². The minimum absolute atomic E-state index is 0.00438. The summed E-state index contributed by atoms with van der Waals surface area (Å²) in [5, 5.41) is 8.93. The summed E-state index contributed by atoms with van der Waals surface area (Å²) in [6.07, 6.45) is 0. The molecule has 0 aliphatic heterocycles. The molecule has 0 amide bonds. The number of aromatic nitrogens is 4. The third kappa shape index (κ3) is 3.34. The SMILES string of the molecule is CCSc1nnc(S[C@@H](C)c2nc3ccccc3c(=O)[nH]2)s1. The minimum atomic E-state index is -0.104. The molecule has 5 nitrogen and oxygen atoms in total. The minimum Gasteiger partial charge on any atom is -0.309 e. The second-order valence-corrected chi connectivity index (χ2v) is 8.57. The van der Waals surface area contributed by atoms with Crippen LogP contribution < -0.4 is 5.56 Å². The zero-order valence-electron chi connectivity index (χ0n) is 12.1. The first-order valence-corrected chi connectivity index (χ1v) is 9.47. The fraction of sp³-hybridized carbons (Fsp3) is 0.286. The van der Waals surface area contributed by atoms with Crippen LogP contribution in [0.15, 0.2) is 37.7 Å². The Morgan fingerprint density at radius 1 is 1.27 bits per heavy atom. The molecule has 2 heterocycles. The summed E-state index contributed by atoms with van der Waals surface area (Å²) < 4.78 is 1.86. The van der Waals surface area contributed by atoms with Crippen LogP contribution in [-0.2, 0) is 0 Å². The number of thioether (sulfide) groups is 2. The Hall–Kier alpha value is -1.38. The van der Waals surface area contributed by atoms with E-state index >= 15 is 0 Å². The van der Waals surface area contributed by atoms with Crippen molar-refractivity contribution >= 4 is 45.8 Å². The van der Waals surface area contributed by atoms with Crippen LogP contribution in [0.5, 0.6) is 0 Å². The van der Waals surface area contributed by atoms with Gasteiger partial charge in [0.05, 0.1) is 16.2 Å². The molecular formula is C14H14N4OS3. The topological polar surface area (TPSA) is 71.5 Å². The zero-order chi connectivity index (χ0) is 15.5. The smallest absolute Gasteiger partial charge is 0.258 e. The van der Waals surface area contributed by atoms with E-state index in [-0.39, 0.29) is 10.8 Å². The summed E-state index contributed by atoms with van der Waals surface area (Å²) in [6, 6.07) is 7.36. The maximum Gasteiger partial charge on any atom is 0.258 e. The summed E-state index contributed by atoms with van der Waals surface area (Å²) in [4.78, 5) is 19.5. The Morgan fingerprint density at radius 2 is 2.05 bits per heavy atom. The van der Waals surface area contributed by atoms with Gasteiger partial charge in [0.2, 0.25) is 0 Å². The molecule has 0 unspecified atom stereocenters. The van der Waals surface area contributed by atoms with E-state index < -0.39 is 0 Å². The predicted octanol–water partition coefficient (Wildman–Crippen LogP) is 3.74. The molecular weight excluding hydrogens is 336 g/mol. The van der Waals surface area contributed by atoms with Crippen molar-refractivity contribution in [1.82, 2.24) is 20.2 Å². The molecule has 0 bridgehead atoms. The van der Waals surface area contributed by atoms with Gasteiger partial charge in [-0.2, -0.15) is 0 Å². The molecule has 114 valence electrons. The van der Waals surface area contributed by atoms with Crippen LogP contribution >= 0.6 is 34.9 Å². The van der Waals surface area contributed by atoms with Crippen molar-refractivity contribution in [3.63, 3.8) is 0 Å². The van der Waals surface area contributed by atoms with E-state index in [9.17, 15) is 4.79 Å². The first-order valence-electron chi connectivity index (χ1n) is 6.79. The molecule has 0 spiro atoms. The Labute approximate surface area is 140 Å². The Bertz CT molecular complexity index is 845. The molecule has 3 aromatic rings. The lowest BCUT2D eigenvalue weighted by molar-refractivity contribution is 0.910. The van der Waals surface area contributed by atoms with Crippen molar-refractivity contribution in [3.8, 4) is 0 Å². The number of fused-ring (bicyclic) bond motifs is 1. The van der Waals surface area contributed by atoms with Crippen LogP contribution in [0.2, 0.25) is 0 Å². The predicted molar refractivity (Wildman–Crippen MR) is 92.9 cm³/mol. The molecule has 0 radical (unpaired) electrons. The quantitative estimate of drug-likeness (QED) is 0.707. The maximum absolute atomic E-state index is 12.1. The van der Waals surface area contributed by atoms with E-state index in [4.69, 9.17) is 0 Å². The standard InChI is InChI=1S/C14H14N4OS3/c1-3-20-13-17-18-14(22-13)21-8(2)11-15-10-7-5-4-6-9(10)12(19)16-11/h4-8H,3H2,1-2H3,(H,15,16,19)/t8-/m0/s1. The normalized spacial score (nSPS) is 12.6. The highest BCUT2D eigenvalue weighted by Gasteiger charge is 2.15. The van der Waals surface area contributed by atoms with E-state index in [1.165, 1.54) is 0 Å². The molecule has 1 aromatic carbocycles. The number of nitrogens with one attached hydrogen (secondary N) is 1. The van der Waals surface area contributed by atoms with Crippen LogP contribution in [0.4, 0.5) is 0 Å². The van der Waals surface area contributed by atoms with E-state index in [0.29, 0.717) is 16.7 Å². The average molecular weight is 350 g/mol. The average Bonchev–Trinajstić information content (AvgIpc) is 2.95. The summed E-state index contributed by atoms with van der Waals surface area (Å²) >= 11 is 4.81. The highest BCUT2D eigenvalue weighted by atomic mass is 32.2. The van der Waals surface area contributed by atoms with Crippen LogP contribution in [0.3, 0.4) is 0 Å². The lowest BCUT2D eigenvalue weighted by Gasteiger charge is -2.08. The summed E-state index contributed by atoms with van der Waals surface area (Å²) in [6.45, 7) is 4.09. The Balaban J connectivity index is 1.85. The lowest BCUT2D eigenvalue weighted by atomic mass is 10.2. The Kier molecular flexibility index (Phi) is 4.80. The van der Waals surface area contributed by atoms with Crippen molar-refractivity contribution in [3.05, 3.63) is 40.4 Å². The highest BCUT2D eigenvalue weighted by molar-refractivity contribution is 8.03. The zero-order valence-corrected chi connectivity index (χ0v) is 14.5. The molecule has 3 rings (SSSR count). The summed E-state index contributed by atoms with van der Waals surface area (Å²) in [5.41, 5.74) is 0.612. The first kappa shape index (κ1) is 15.5. The molecule has 22 heavy (non-hydrogen) atoms. The lowest BCUT2D eigenvalue weighted by Crippen LogP contribution is -2.12. The van der Waals surface area contributed by atoms with Gasteiger partial charge in [-0.25, -0.2) is 4.98 Å². The molecule has 0 aliphatic carbocycles. The van der Waals surface area contributed by atoms with Gasteiger partial charge >= 0.3 is 0 Å². The van der Waals surface area contributed by atoms with Crippen molar-refractivity contribution in [2.75, 3.05) is 5.75 Å². The third-order valence-corrected chi connectivity index (χ3v) is 6.08. The number of para-hydroxylation sites is 1. The van der Waals surface area contributed by atoms with Gasteiger partial charge < -0.3 is 4.98 Å². The number of nitrogens with zero attached hydrogens (tertiary/aromatic N) is 3. The molecule has 0 saturated heterocycles. The number of H-pyrrole nitrogens is 1. The fourth-order valence-electron chi connectivity index (χ4n) is 1.93. The molecule has 8 heteroatoms. The fourth-order valence-corrected chi connectivity index (χ4v) is 5.05. The number of hydrogen-bond acceptors (Lipinski definition) is 7. The maximum atomic E-state index is 12.1. The second-order valence-electron chi connectivity index (χ2n) is 4.50. The van der Waals surface area contributed by atoms with Crippen LogP contribution in [0, 0.1) is 0 Å². The number of rotatable bonds is 5. The van der Waals surface area contributed by atoms with E-state index in [1.54, 1.807) is 40.9 Å². The van der Waals surface area contributed by atoms with Crippen molar-refractivity contribution in [2.45, 2.75) is 27.8 Å². The Morgan fingerprint density at radius 3 is 2.86 bits per heavy atom. The van der Waals surface area contributed by atoms with Crippen molar-refractivity contribution in [1.29, 1.82) is 0 Å². The van der Waals surface area contributed by atoms with Gasteiger partial charge in [0, 0.05) is 0 Å². The van der Waals surface area contributed by atoms with Gasteiger partial charge in [-0.15, -0.1) is 10.2 Å².